The Labute approximate surface area is 80.0 Å². The Morgan fingerprint density at radius 2 is 1.92 bits per heavy atom. The van der Waals surface area contributed by atoms with Gasteiger partial charge in [0.15, 0.2) is 0 Å². The summed E-state index contributed by atoms with van der Waals surface area (Å²) in [4.78, 5) is 0. The summed E-state index contributed by atoms with van der Waals surface area (Å²) in [5, 5.41) is 20.1. The highest BCUT2D eigenvalue weighted by Crippen LogP contribution is 2.52. The Hall–Kier alpha value is -0.0800. The minimum Gasteiger partial charge on any atom is -0.392 e. The van der Waals surface area contributed by atoms with Gasteiger partial charge in [-0.25, -0.2) is 0 Å². The molecular formula is C11H20O2. The van der Waals surface area contributed by atoms with Gasteiger partial charge in [0.05, 0.1) is 11.7 Å². The standard InChI is InChI=1S/C11H20O2/c1-6-5-11(3,13)9-4-8(6)7(2)10(9)12/h6-10,12-13H,4-5H2,1-3H3/t6-,7+,8-,9-,10+,11-/m1/s1. The molecule has 2 fully saturated rings. The molecule has 13 heavy (non-hydrogen) atoms. The molecule has 6 atom stereocenters. The molecule has 0 spiro atoms. The van der Waals surface area contributed by atoms with Crippen molar-refractivity contribution >= 4 is 0 Å². The van der Waals surface area contributed by atoms with Crippen LogP contribution >= 0.6 is 0 Å². The summed E-state index contributed by atoms with van der Waals surface area (Å²) >= 11 is 0. The van der Waals surface area contributed by atoms with Crippen molar-refractivity contribution in [2.75, 3.05) is 0 Å². The van der Waals surface area contributed by atoms with Gasteiger partial charge in [-0.2, -0.15) is 0 Å². The van der Waals surface area contributed by atoms with Crippen molar-refractivity contribution < 1.29 is 10.2 Å². The molecule has 0 aromatic rings. The molecule has 0 aromatic heterocycles. The lowest BCUT2D eigenvalue weighted by molar-refractivity contribution is -0.0722. The SMILES string of the molecule is C[C@@H]1[C@H](O)[C@H]2C[C@@H]1[C@H](C)C[C@@]2(C)O. The molecule has 2 rings (SSSR count). The Morgan fingerprint density at radius 3 is 2.54 bits per heavy atom. The van der Waals surface area contributed by atoms with E-state index in [9.17, 15) is 10.2 Å². The average Bonchev–Trinajstić information content (AvgIpc) is 2.25. The van der Waals surface area contributed by atoms with Crippen molar-refractivity contribution in [1.82, 2.24) is 0 Å². The van der Waals surface area contributed by atoms with Crippen molar-refractivity contribution in [3.8, 4) is 0 Å². The van der Waals surface area contributed by atoms with Crippen LogP contribution < -0.4 is 0 Å². The maximum absolute atomic E-state index is 10.2. The molecule has 0 radical (unpaired) electrons. The van der Waals surface area contributed by atoms with Gasteiger partial charge in [0.1, 0.15) is 0 Å². The van der Waals surface area contributed by atoms with Gasteiger partial charge in [0.25, 0.3) is 0 Å². The molecule has 2 aliphatic carbocycles. The van der Waals surface area contributed by atoms with E-state index in [1.54, 1.807) is 0 Å². The van der Waals surface area contributed by atoms with Gasteiger partial charge in [0.2, 0.25) is 0 Å². The van der Waals surface area contributed by atoms with E-state index in [2.05, 4.69) is 13.8 Å². The summed E-state index contributed by atoms with van der Waals surface area (Å²) in [6, 6.07) is 0. The fourth-order valence-corrected chi connectivity index (χ4v) is 3.59. The summed E-state index contributed by atoms with van der Waals surface area (Å²) in [6.45, 7) is 6.20. The number of hydrogen-bond donors (Lipinski definition) is 2. The molecule has 2 saturated carbocycles. The van der Waals surface area contributed by atoms with Crippen LogP contribution in [0.5, 0.6) is 0 Å². The number of aliphatic hydroxyl groups excluding tert-OH is 1. The van der Waals surface area contributed by atoms with E-state index >= 15 is 0 Å². The summed E-state index contributed by atoms with van der Waals surface area (Å²) in [5.41, 5.74) is -0.639. The number of fused-ring (bicyclic) bond motifs is 2. The molecule has 2 nitrogen and oxygen atoms in total. The van der Waals surface area contributed by atoms with Crippen LogP contribution in [0, 0.1) is 23.7 Å². The second kappa shape index (κ2) is 2.71. The minimum atomic E-state index is -0.639. The molecule has 0 aliphatic heterocycles. The second-order valence-corrected chi connectivity index (χ2v) is 5.39. The Bertz CT molecular complexity index is 212. The van der Waals surface area contributed by atoms with E-state index in [1.807, 2.05) is 6.92 Å². The summed E-state index contributed by atoms with van der Waals surface area (Å²) < 4.78 is 0. The summed E-state index contributed by atoms with van der Waals surface area (Å²) in [7, 11) is 0. The molecule has 0 amide bonds. The van der Waals surface area contributed by atoms with E-state index < -0.39 is 5.60 Å². The van der Waals surface area contributed by atoms with Crippen LogP contribution in [-0.4, -0.2) is 21.9 Å². The van der Waals surface area contributed by atoms with E-state index in [1.165, 1.54) is 0 Å². The number of rotatable bonds is 0. The zero-order chi connectivity index (χ0) is 9.80. The minimum absolute atomic E-state index is 0.115. The molecule has 2 bridgehead atoms. The molecule has 0 unspecified atom stereocenters. The fourth-order valence-electron chi connectivity index (χ4n) is 3.59. The highest BCUT2D eigenvalue weighted by molar-refractivity contribution is 5.04. The first-order chi connectivity index (χ1) is 5.93. The van der Waals surface area contributed by atoms with Crippen LogP contribution in [-0.2, 0) is 0 Å². The van der Waals surface area contributed by atoms with Crippen molar-refractivity contribution in [1.29, 1.82) is 0 Å². The molecule has 0 heterocycles. The Balaban J connectivity index is 2.28. The maximum atomic E-state index is 10.2. The van der Waals surface area contributed by atoms with E-state index in [-0.39, 0.29) is 12.0 Å². The molecule has 2 N–H and O–H groups in total. The van der Waals surface area contributed by atoms with Crippen LogP contribution in [0.3, 0.4) is 0 Å². The second-order valence-electron chi connectivity index (χ2n) is 5.39. The van der Waals surface area contributed by atoms with E-state index in [0.717, 1.165) is 12.8 Å². The number of hydrogen-bond acceptors (Lipinski definition) is 2. The van der Waals surface area contributed by atoms with Gasteiger partial charge in [-0.15, -0.1) is 0 Å². The lowest BCUT2D eigenvalue weighted by atomic mass is 9.71. The van der Waals surface area contributed by atoms with Crippen molar-refractivity contribution in [3.05, 3.63) is 0 Å². The third-order valence-electron chi connectivity index (χ3n) is 4.42. The summed E-state index contributed by atoms with van der Waals surface area (Å²) in [6.07, 6.45) is 1.57. The maximum Gasteiger partial charge on any atom is 0.0675 e. The first kappa shape index (κ1) is 9.47. The zero-order valence-corrected chi connectivity index (χ0v) is 8.70. The molecule has 76 valence electrons. The van der Waals surface area contributed by atoms with Crippen molar-refractivity contribution in [2.24, 2.45) is 23.7 Å². The van der Waals surface area contributed by atoms with Gasteiger partial charge < -0.3 is 10.2 Å². The highest BCUT2D eigenvalue weighted by Gasteiger charge is 2.54. The van der Waals surface area contributed by atoms with Gasteiger partial charge in [0, 0.05) is 5.92 Å². The predicted molar refractivity (Wildman–Crippen MR) is 51.2 cm³/mol. The van der Waals surface area contributed by atoms with E-state index in [0.29, 0.717) is 17.8 Å². The first-order valence-electron chi connectivity index (χ1n) is 5.34. The average molecular weight is 184 g/mol. The molecule has 2 heteroatoms. The van der Waals surface area contributed by atoms with Crippen LogP contribution in [0.4, 0.5) is 0 Å². The first-order valence-corrected chi connectivity index (χ1v) is 5.34. The Kier molecular flexibility index (Phi) is 1.97. The monoisotopic (exact) mass is 184 g/mol. The molecular weight excluding hydrogens is 164 g/mol. The smallest absolute Gasteiger partial charge is 0.0675 e. The fraction of sp³-hybridized carbons (Fsp3) is 1.00. The largest absolute Gasteiger partial charge is 0.392 e. The van der Waals surface area contributed by atoms with Crippen LogP contribution in [0.15, 0.2) is 0 Å². The van der Waals surface area contributed by atoms with Crippen molar-refractivity contribution in [2.45, 2.75) is 45.3 Å². The van der Waals surface area contributed by atoms with Crippen LogP contribution in [0.2, 0.25) is 0 Å². The molecule has 0 aromatic carbocycles. The lowest BCUT2D eigenvalue weighted by Crippen LogP contribution is -2.42. The van der Waals surface area contributed by atoms with Crippen LogP contribution in [0.25, 0.3) is 0 Å². The topological polar surface area (TPSA) is 40.5 Å². The predicted octanol–water partition coefficient (Wildman–Crippen LogP) is 1.41. The third kappa shape index (κ3) is 1.23. The van der Waals surface area contributed by atoms with Crippen molar-refractivity contribution in [3.63, 3.8) is 0 Å². The van der Waals surface area contributed by atoms with Gasteiger partial charge in [-0.1, -0.05) is 13.8 Å². The van der Waals surface area contributed by atoms with Gasteiger partial charge >= 0.3 is 0 Å². The van der Waals surface area contributed by atoms with Crippen LogP contribution in [0.1, 0.15) is 33.6 Å². The van der Waals surface area contributed by atoms with Gasteiger partial charge in [-0.3, -0.25) is 0 Å². The van der Waals surface area contributed by atoms with E-state index in [4.69, 9.17) is 0 Å². The van der Waals surface area contributed by atoms with Gasteiger partial charge in [-0.05, 0) is 37.5 Å². The molecule has 2 aliphatic rings. The highest BCUT2D eigenvalue weighted by atomic mass is 16.3. The zero-order valence-electron chi connectivity index (χ0n) is 8.70. The third-order valence-corrected chi connectivity index (χ3v) is 4.42. The normalized spacial score (nSPS) is 61.2. The lowest BCUT2D eigenvalue weighted by Gasteiger charge is -2.39. The Morgan fingerprint density at radius 1 is 1.31 bits per heavy atom. The summed E-state index contributed by atoms with van der Waals surface area (Å²) in [5.74, 6) is 1.66. The number of aliphatic hydroxyl groups is 2. The quantitative estimate of drug-likeness (QED) is 0.597. The molecule has 0 saturated heterocycles.